The SMILES string of the molecule is CCN=C1C=CC(=C(c2ccc(N)cc2)c2ccc(N)c(S(=O)(=O)O)c2)C=C1C. The fourth-order valence-corrected chi connectivity index (χ4v) is 3.86. The third-order valence-corrected chi connectivity index (χ3v) is 5.50. The van der Waals surface area contributed by atoms with Gasteiger partial charge in [-0.15, -0.1) is 0 Å². The van der Waals surface area contributed by atoms with Crippen molar-refractivity contribution in [1.29, 1.82) is 0 Å². The molecule has 1 aliphatic carbocycles. The Bertz CT molecular complexity index is 1170. The van der Waals surface area contributed by atoms with Crippen molar-refractivity contribution in [1.82, 2.24) is 0 Å². The van der Waals surface area contributed by atoms with Gasteiger partial charge in [0.25, 0.3) is 10.1 Å². The molecule has 1 aliphatic rings. The maximum atomic E-state index is 11.8. The molecule has 0 bridgehead atoms. The van der Waals surface area contributed by atoms with E-state index in [1.54, 1.807) is 18.2 Å². The summed E-state index contributed by atoms with van der Waals surface area (Å²) in [7, 11) is -4.46. The Morgan fingerprint density at radius 3 is 2.28 bits per heavy atom. The van der Waals surface area contributed by atoms with E-state index < -0.39 is 10.1 Å². The van der Waals surface area contributed by atoms with E-state index in [-0.39, 0.29) is 10.6 Å². The van der Waals surface area contributed by atoms with Gasteiger partial charge < -0.3 is 11.5 Å². The maximum Gasteiger partial charge on any atom is 0.296 e. The predicted octanol–water partition coefficient (Wildman–Crippen LogP) is 3.88. The molecule has 0 radical (unpaired) electrons. The molecule has 0 atom stereocenters. The number of aliphatic imine (C=N–C) groups is 1. The second-order valence-corrected chi connectivity index (χ2v) is 8.09. The van der Waals surface area contributed by atoms with E-state index in [0.717, 1.165) is 28.0 Å². The molecule has 0 aromatic heterocycles. The Labute approximate surface area is 170 Å². The van der Waals surface area contributed by atoms with Crippen molar-refractivity contribution in [3.05, 3.63) is 83.0 Å². The van der Waals surface area contributed by atoms with Crippen molar-refractivity contribution in [3.63, 3.8) is 0 Å². The number of nitrogens with zero attached hydrogens (tertiary/aromatic N) is 1. The highest BCUT2D eigenvalue weighted by atomic mass is 32.2. The second kappa shape index (κ2) is 8.06. The van der Waals surface area contributed by atoms with E-state index in [1.807, 2.05) is 44.2 Å². The van der Waals surface area contributed by atoms with Gasteiger partial charge in [-0.25, -0.2) is 0 Å². The molecule has 29 heavy (non-hydrogen) atoms. The number of nitrogen functional groups attached to an aromatic ring is 2. The van der Waals surface area contributed by atoms with Gasteiger partial charge >= 0.3 is 0 Å². The van der Waals surface area contributed by atoms with Crippen LogP contribution < -0.4 is 11.5 Å². The van der Waals surface area contributed by atoms with Crippen molar-refractivity contribution in [2.45, 2.75) is 18.7 Å². The van der Waals surface area contributed by atoms with E-state index in [9.17, 15) is 13.0 Å². The Kier molecular flexibility index (Phi) is 5.72. The summed E-state index contributed by atoms with van der Waals surface area (Å²) in [4.78, 5) is 4.15. The zero-order chi connectivity index (χ0) is 21.2. The zero-order valence-corrected chi connectivity index (χ0v) is 17.1. The molecule has 3 rings (SSSR count). The molecule has 0 unspecified atom stereocenters. The summed E-state index contributed by atoms with van der Waals surface area (Å²) in [5.41, 5.74) is 17.3. The highest BCUT2D eigenvalue weighted by molar-refractivity contribution is 7.86. The summed E-state index contributed by atoms with van der Waals surface area (Å²) in [6.45, 7) is 4.64. The second-order valence-electron chi connectivity index (χ2n) is 6.70. The number of hydrogen-bond donors (Lipinski definition) is 3. The molecular formula is C22H23N3O3S. The van der Waals surface area contributed by atoms with Crippen LogP contribution in [-0.4, -0.2) is 25.2 Å². The van der Waals surface area contributed by atoms with Crippen LogP contribution in [0.2, 0.25) is 0 Å². The van der Waals surface area contributed by atoms with Gasteiger partial charge in [-0.05, 0) is 78.1 Å². The first-order valence-electron chi connectivity index (χ1n) is 9.09. The molecule has 6 nitrogen and oxygen atoms in total. The lowest BCUT2D eigenvalue weighted by Gasteiger charge is -2.17. The zero-order valence-electron chi connectivity index (χ0n) is 16.3. The van der Waals surface area contributed by atoms with Gasteiger partial charge in [-0.2, -0.15) is 8.42 Å². The predicted molar refractivity (Wildman–Crippen MR) is 118 cm³/mol. The third-order valence-electron chi connectivity index (χ3n) is 4.59. The minimum atomic E-state index is -4.46. The van der Waals surface area contributed by atoms with Crippen molar-refractivity contribution in [3.8, 4) is 0 Å². The fraction of sp³-hybridized carbons (Fsp3) is 0.136. The third kappa shape index (κ3) is 4.47. The van der Waals surface area contributed by atoms with Crippen LogP contribution >= 0.6 is 0 Å². The quantitative estimate of drug-likeness (QED) is 0.523. The van der Waals surface area contributed by atoms with Crippen molar-refractivity contribution < 1.29 is 13.0 Å². The van der Waals surface area contributed by atoms with Gasteiger partial charge in [0, 0.05) is 12.2 Å². The first-order chi connectivity index (χ1) is 13.7. The van der Waals surface area contributed by atoms with Gasteiger partial charge in [-0.3, -0.25) is 9.55 Å². The van der Waals surface area contributed by atoms with Crippen LogP contribution in [0.15, 0.2) is 81.7 Å². The van der Waals surface area contributed by atoms with E-state index in [4.69, 9.17) is 11.5 Å². The molecule has 2 aromatic rings. The van der Waals surface area contributed by atoms with Crippen LogP contribution in [0.4, 0.5) is 11.4 Å². The summed E-state index contributed by atoms with van der Waals surface area (Å²) in [6, 6.07) is 11.9. The van der Waals surface area contributed by atoms with E-state index in [0.29, 0.717) is 17.8 Å². The highest BCUT2D eigenvalue weighted by Gasteiger charge is 2.19. The summed E-state index contributed by atoms with van der Waals surface area (Å²) >= 11 is 0. The number of benzene rings is 2. The van der Waals surface area contributed by atoms with Crippen LogP contribution in [0.25, 0.3) is 5.57 Å². The monoisotopic (exact) mass is 409 g/mol. The number of hydrogen-bond acceptors (Lipinski definition) is 5. The smallest absolute Gasteiger partial charge is 0.296 e. The molecule has 0 spiro atoms. The normalized spacial score (nSPS) is 17.3. The Morgan fingerprint density at radius 1 is 1.03 bits per heavy atom. The topological polar surface area (TPSA) is 119 Å². The van der Waals surface area contributed by atoms with Gasteiger partial charge in [0.05, 0.1) is 11.4 Å². The molecule has 7 heteroatoms. The number of rotatable bonds is 4. The molecule has 0 amide bonds. The first-order valence-corrected chi connectivity index (χ1v) is 10.5. The maximum absolute atomic E-state index is 11.8. The van der Waals surface area contributed by atoms with Crippen LogP contribution in [-0.2, 0) is 10.1 Å². The summed E-state index contributed by atoms with van der Waals surface area (Å²) in [6.07, 6.45) is 5.88. The largest absolute Gasteiger partial charge is 0.399 e. The van der Waals surface area contributed by atoms with Crippen LogP contribution in [0, 0.1) is 0 Å². The van der Waals surface area contributed by atoms with Crippen LogP contribution in [0.5, 0.6) is 0 Å². The van der Waals surface area contributed by atoms with E-state index >= 15 is 0 Å². The molecule has 0 saturated carbocycles. The Hall–Kier alpha value is -3.16. The molecule has 2 aromatic carbocycles. The average Bonchev–Trinajstić information content (AvgIpc) is 2.66. The van der Waals surface area contributed by atoms with E-state index in [2.05, 4.69) is 4.99 Å². The molecule has 0 aliphatic heterocycles. The minimum Gasteiger partial charge on any atom is -0.399 e. The highest BCUT2D eigenvalue weighted by Crippen LogP contribution is 2.33. The Balaban J connectivity index is 2.28. The van der Waals surface area contributed by atoms with Gasteiger partial charge in [0.2, 0.25) is 0 Å². The van der Waals surface area contributed by atoms with Gasteiger partial charge in [0.1, 0.15) is 4.90 Å². The van der Waals surface area contributed by atoms with Gasteiger partial charge in [-0.1, -0.05) is 24.3 Å². The summed E-state index contributed by atoms with van der Waals surface area (Å²) in [5.74, 6) is 0. The van der Waals surface area contributed by atoms with Crippen LogP contribution in [0.3, 0.4) is 0 Å². The van der Waals surface area contributed by atoms with Crippen molar-refractivity contribution >= 4 is 32.8 Å². The first kappa shape index (κ1) is 20.6. The lowest BCUT2D eigenvalue weighted by atomic mass is 9.89. The number of nitrogens with two attached hydrogens (primary N) is 2. The molecule has 5 N–H and O–H groups in total. The Morgan fingerprint density at radius 2 is 1.69 bits per heavy atom. The number of allylic oxidation sites excluding steroid dienone is 5. The summed E-state index contributed by atoms with van der Waals surface area (Å²) < 4.78 is 33.1. The van der Waals surface area contributed by atoms with E-state index in [1.165, 1.54) is 12.1 Å². The molecule has 150 valence electrons. The van der Waals surface area contributed by atoms with Crippen molar-refractivity contribution in [2.75, 3.05) is 18.0 Å². The standard InChI is InChI=1S/C22H23N3O3S/c1-3-25-20-11-7-16(12-14(20)2)22(15-4-8-18(23)9-5-15)17-6-10-19(24)21(13-17)29(26,27)28/h4-13H,3,23-24H2,1-2H3,(H,26,27,28). The lowest BCUT2D eigenvalue weighted by Crippen LogP contribution is -2.06. The number of anilines is 2. The van der Waals surface area contributed by atoms with Gasteiger partial charge in [0.15, 0.2) is 0 Å². The van der Waals surface area contributed by atoms with Crippen molar-refractivity contribution in [2.24, 2.45) is 4.99 Å². The summed E-state index contributed by atoms with van der Waals surface area (Å²) in [5, 5.41) is 0. The van der Waals surface area contributed by atoms with Crippen LogP contribution in [0.1, 0.15) is 25.0 Å². The molecular weight excluding hydrogens is 386 g/mol. The minimum absolute atomic E-state index is 0.0128. The molecule has 0 heterocycles. The lowest BCUT2D eigenvalue weighted by molar-refractivity contribution is 0.483. The fourth-order valence-electron chi connectivity index (χ4n) is 3.22. The average molecular weight is 410 g/mol. The molecule has 0 saturated heterocycles. The molecule has 0 fully saturated rings.